The average molecular weight is 389 g/mol. The van der Waals surface area contributed by atoms with E-state index in [4.69, 9.17) is 5.73 Å². The van der Waals surface area contributed by atoms with E-state index in [0.29, 0.717) is 25.9 Å². The molecule has 0 spiro atoms. The number of hydrogen-bond donors (Lipinski definition) is 2. The molecule has 2 fully saturated rings. The van der Waals surface area contributed by atoms with Gasteiger partial charge < -0.3 is 16.0 Å². The largest absolute Gasteiger partial charge is 0.376 e. The molecule has 0 aromatic rings. The van der Waals surface area contributed by atoms with Gasteiger partial charge in [0.1, 0.15) is 11.6 Å². The molecule has 1 heterocycles. The second-order valence-electron chi connectivity index (χ2n) is 8.30. The standard InChI is InChI=1S/C22H36N4O2/c23-16-19(17-26-14-12-18(13-15-26)21(24)27)22(28)25-20-10-8-6-4-2-1-3-5-7-9-11-20/h17-18,20H,1-15H2,(H2,24,27)(H,25,28)/b19-17-. The van der Waals surface area contributed by atoms with Gasteiger partial charge in [0.2, 0.25) is 5.91 Å². The number of carbonyl (C=O) groups is 2. The lowest BCUT2D eigenvalue weighted by Crippen LogP contribution is -2.38. The third kappa shape index (κ3) is 7.92. The van der Waals surface area contributed by atoms with Crippen molar-refractivity contribution in [2.45, 2.75) is 89.5 Å². The molecule has 0 unspecified atom stereocenters. The highest BCUT2D eigenvalue weighted by molar-refractivity contribution is 5.97. The number of likely N-dealkylation sites (tertiary alicyclic amines) is 1. The van der Waals surface area contributed by atoms with Crippen molar-refractivity contribution >= 4 is 11.8 Å². The van der Waals surface area contributed by atoms with Crippen LogP contribution < -0.4 is 11.1 Å². The molecular formula is C22H36N4O2. The summed E-state index contributed by atoms with van der Waals surface area (Å²) >= 11 is 0. The van der Waals surface area contributed by atoms with E-state index in [1.807, 2.05) is 4.90 Å². The van der Waals surface area contributed by atoms with Gasteiger partial charge in [-0.05, 0) is 25.7 Å². The number of nitrogens with zero attached hydrogens (tertiary/aromatic N) is 2. The molecular weight excluding hydrogens is 352 g/mol. The lowest BCUT2D eigenvalue weighted by Gasteiger charge is -2.29. The Kier molecular flexibility index (Phi) is 9.88. The number of carbonyl (C=O) groups excluding carboxylic acids is 2. The molecule has 1 saturated heterocycles. The summed E-state index contributed by atoms with van der Waals surface area (Å²) in [6.45, 7) is 1.30. The first-order chi connectivity index (χ1) is 13.6. The van der Waals surface area contributed by atoms with Crippen LogP contribution in [0.2, 0.25) is 0 Å². The molecule has 1 aliphatic carbocycles. The first kappa shape index (κ1) is 22.3. The van der Waals surface area contributed by atoms with Crippen LogP contribution in [-0.4, -0.2) is 35.8 Å². The number of amides is 2. The number of hydrogen-bond acceptors (Lipinski definition) is 4. The minimum atomic E-state index is -0.267. The van der Waals surface area contributed by atoms with Gasteiger partial charge in [-0.3, -0.25) is 9.59 Å². The number of rotatable bonds is 4. The normalized spacial score (nSPS) is 21.8. The van der Waals surface area contributed by atoms with Crippen molar-refractivity contribution < 1.29 is 9.59 Å². The van der Waals surface area contributed by atoms with E-state index >= 15 is 0 Å². The average Bonchev–Trinajstić information content (AvgIpc) is 2.68. The molecule has 2 aliphatic rings. The minimum Gasteiger partial charge on any atom is -0.376 e. The van der Waals surface area contributed by atoms with E-state index in [1.54, 1.807) is 6.20 Å². The molecule has 6 nitrogen and oxygen atoms in total. The molecule has 0 atom stereocenters. The molecule has 1 saturated carbocycles. The van der Waals surface area contributed by atoms with Crippen LogP contribution in [0.25, 0.3) is 0 Å². The Morgan fingerprint density at radius 1 is 0.893 bits per heavy atom. The van der Waals surface area contributed by atoms with Crippen molar-refractivity contribution in [3.05, 3.63) is 11.8 Å². The van der Waals surface area contributed by atoms with Crippen LogP contribution in [0.15, 0.2) is 11.8 Å². The lowest BCUT2D eigenvalue weighted by atomic mass is 9.96. The Balaban J connectivity index is 1.88. The number of nitrogens with two attached hydrogens (primary N) is 1. The van der Waals surface area contributed by atoms with Crippen LogP contribution in [0.5, 0.6) is 0 Å². The fourth-order valence-corrected chi connectivity index (χ4v) is 4.20. The zero-order chi connectivity index (χ0) is 20.2. The van der Waals surface area contributed by atoms with Gasteiger partial charge in [-0.1, -0.05) is 57.8 Å². The maximum Gasteiger partial charge on any atom is 0.263 e. The Hall–Kier alpha value is -2.03. The highest BCUT2D eigenvalue weighted by Gasteiger charge is 2.23. The molecule has 2 amide bonds. The first-order valence-corrected chi connectivity index (χ1v) is 11.1. The van der Waals surface area contributed by atoms with Crippen LogP contribution in [0, 0.1) is 17.2 Å². The van der Waals surface area contributed by atoms with Crippen molar-refractivity contribution in [3.63, 3.8) is 0 Å². The number of nitriles is 1. The molecule has 6 heteroatoms. The molecule has 0 bridgehead atoms. The molecule has 2 rings (SSSR count). The molecule has 3 N–H and O–H groups in total. The van der Waals surface area contributed by atoms with Crippen molar-refractivity contribution in [2.75, 3.05) is 13.1 Å². The maximum absolute atomic E-state index is 12.7. The molecule has 0 aromatic heterocycles. The van der Waals surface area contributed by atoms with Gasteiger partial charge in [0.05, 0.1) is 0 Å². The topological polar surface area (TPSA) is 99.2 Å². The van der Waals surface area contributed by atoms with E-state index < -0.39 is 0 Å². The van der Waals surface area contributed by atoms with Gasteiger partial charge in [-0.15, -0.1) is 0 Å². The fourth-order valence-electron chi connectivity index (χ4n) is 4.20. The Labute approximate surface area is 169 Å². The van der Waals surface area contributed by atoms with E-state index in [1.165, 1.54) is 44.9 Å². The third-order valence-corrected chi connectivity index (χ3v) is 6.05. The van der Waals surface area contributed by atoms with Gasteiger partial charge in [0.25, 0.3) is 5.91 Å². The van der Waals surface area contributed by atoms with Crippen molar-refractivity contribution in [3.8, 4) is 6.07 Å². The molecule has 156 valence electrons. The summed E-state index contributed by atoms with van der Waals surface area (Å²) in [6, 6.07) is 2.21. The number of piperidine rings is 1. The van der Waals surface area contributed by atoms with Crippen LogP contribution >= 0.6 is 0 Å². The predicted molar refractivity (Wildman–Crippen MR) is 110 cm³/mol. The van der Waals surface area contributed by atoms with Gasteiger partial charge >= 0.3 is 0 Å². The SMILES string of the molecule is N#C/C(=C/N1CCC(C(N)=O)CC1)C(=O)NC1CCCCCCCCCCC1. The zero-order valence-corrected chi connectivity index (χ0v) is 17.1. The maximum atomic E-state index is 12.7. The van der Waals surface area contributed by atoms with E-state index in [9.17, 15) is 14.9 Å². The van der Waals surface area contributed by atoms with Gasteiger partial charge in [-0.25, -0.2) is 0 Å². The summed E-state index contributed by atoms with van der Waals surface area (Å²) in [6.07, 6.45) is 16.3. The summed E-state index contributed by atoms with van der Waals surface area (Å²) in [5.41, 5.74) is 5.52. The Bertz CT molecular complexity index is 562. The van der Waals surface area contributed by atoms with Crippen molar-refractivity contribution in [2.24, 2.45) is 11.7 Å². The summed E-state index contributed by atoms with van der Waals surface area (Å²) in [5, 5.41) is 12.6. The second-order valence-corrected chi connectivity index (χ2v) is 8.30. The van der Waals surface area contributed by atoms with Crippen LogP contribution in [0.3, 0.4) is 0 Å². The van der Waals surface area contributed by atoms with Crippen LogP contribution in [-0.2, 0) is 9.59 Å². The Morgan fingerprint density at radius 3 is 1.86 bits per heavy atom. The van der Waals surface area contributed by atoms with Gasteiger partial charge in [0.15, 0.2) is 0 Å². The molecule has 0 aromatic carbocycles. The monoisotopic (exact) mass is 388 g/mol. The van der Waals surface area contributed by atoms with E-state index in [-0.39, 0.29) is 29.3 Å². The third-order valence-electron chi connectivity index (χ3n) is 6.05. The van der Waals surface area contributed by atoms with Crippen LogP contribution in [0.4, 0.5) is 0 Å². The zero-order valence-electron chi connectivity index (χ0n) is 17.1. The summed E-state index contributed by atoms with van der Waals surface area (Å²) < 4.78 is 0. The summed E-state index contributed by atoms with van der Waals surface area (Å²) in [4.78, 5) is 25.9. The highest BCUT2D eigenvalue weighted by atomic mass is 16.2. The lowest BCUT2D eigenvalue weighted by molar-refractivity contribution is -0.123. The smallest absolute Gasteiger partial charge is 0.263 e. The number of nitrogens with one attached hydrogen (secondary N) is 1. The first-order valence-electron chi connectivity index (χ1n) is 11.1. The van der Waals surface area contributed by atoms with Gasteiger partial charge in [-0.2, -0.15) is 5.26 Å². The quantitative estimate of drug-likeness (QED) is 0.569. The molecule has 28 heavy (non-hydrogen) atoms. The molecule has 1 aliphatic heterocycles. The van der Waals surface area contributed by atoms with Crippen molar-refractivity contribution in [1.82, 2.24) is 10.2 Å². The fraction of sp³-hybridized carbons (Fsp3) is 0.773. The summed E-state index contributed by atoms with van der Waals surface area (Å²) in [5.74, 6) is -0.624. The van der Waals surface area contributed by atoms with E-state index in [2.05, 4.69) is 11.4 Å². The summed E-state index contributed by atoms with van der Waals surface area (Å²) in [7, 11) is 0. The second kappa shape index (κ2) is 12.4. The number of primary amides is 1. The van der Waals surface area contributed by atoms with Gasteiger partial charge in [0, 0.05) is 31.2 Å². The predicted octanol–water partition coefficient (Wildman–Crippen LogP) is 3.38. The highest BCUT2D eigenvalue weighted by Crippen LogP contribution is 2.19. The van der Waals surface area contributed by atoms with Crippen molar-refractivity contribution in [1.29, 1.82) is 5.26 Å². The minimum absolute atomic E-state index is 0.0970. The molecule has 0 radical (unpaired) electrons. The van der Waals surface area contributed by atoms with E-state index in [0.717, 1.165) is 25.7 Å². The Morgan fingerprint density at radius 2 is 1.39 bits per heavy atom. The van der Waals surface area contributed by atoms with Crippen LogP contribution in [0.1, 0.15) is 83.5 Å².